The average Bonchev–Trinajstić information content (AvgIpc) is 2.31. The van der Waals surface area contributed by atoms with Gasteiger partial charge in [0.25, 0.3) is 6.43 Å². The van der Waals surface area contributed by atoms with E-state index in [2.05, 4.69) is 4.98 Å². The first-order valence-electron chi connectivity index (χ1n) is 5.62. The van der Waals surface area contributed by atoms with Crippen LogP contribution in [-0.2, 0) is 22.5 Å². The lowest BCUT2D eigenvalue weighted by molar-refractivity contribution is -0.142. The van der Waals surface area contributed by atoms with Gasteiger partial charge in [0.05, 0.1) is 18.7 Å². The SMILES string of the molecule is CCOC(=O)Cc1nc(C(F)F)c(CN)cc1C. The van der Waals surface area contributed by atoms with Gasteiger partial charge in [0.2, 0.25) is 0 Å². The molecule has 1 rings (SSSR count). The molecule has 0 atom stereocenters. The number of ether oxygens (including phenoxy) is 1. The Morgan fingerprint density at radius 3 is 2.72 bits per heavy atom. The van der Waals surface area contributed by atoms with E-state index in [1.807, 2.05) is 0 Å². The number of aromatic nitrogens is 1. The highest BCUT2D eigenvalue weighted by atomic mass is 19.3. The number of hydrogen-bond donors (Lipinski definition) is 1. The van der Waals surface area contributed by atoms with Crippen LogP contribution >= 0.6 is 0 Å². The number of esters is 1. The Hall–Kier alpha value is -1.56. The van der Waals surface area contributed by atoms with Crippen LogP contribution in [0.15, 0.2) is 6.07 Å². The van der Waals surface area contributed by atoms with Gasteiger partial charge in [0, 0.05) is 6.54 Å². The van der Waals surface area contributed by atoms with Gasteiger partial charge < -0.3 is 10.5 Å². The van der Waals surface area contributed by atoms with Gasteiger partial charge in [-0.15, -0.1) is 0 Å². The summed E-state index contributed by atoms with van der Waals surface area (Å²) in [5.74, 6) is -0.478. The van der Waals surface area contributed by atoms with Crippen molar-refractivity contribution in [2.24, 2.45) is 5.73 Å². The lowest BCUT2D eigenvalue weighted by Crippen LogP contribution is -2.13. The minimum atomic E-state index is -2.70. The van der Waals surface area contributed by atoms with Crippen LogP contribution in [0.5, 0.6) is 0 Å². The van der Waals surface area contributed by atoms with Crippen LogP contribution < -0.4 is 5.73 Å². The first kappa shape index (κ1) is 14.5. The molecule has 0 saturated heterocycles. The van der Waals surface area contributed by atoms with E-state index < -0.39 is 12.4 Å². The van der Waals surface area contributed by atoms with Crippen molar-refractivity contribution in [3.8, 4) is 0 Å². The number of carbonyl (C=O) groups excluding carboxylic acids is 1. The third-order valence-electron chi connectivity index (χ3n) is 2.47. The van der Waals surface area contributed by atoms with Gasteiger partial charge >= 0.3 is 5.97 Å². The molecule has 4 nitrogen and oxygen atoms in total. The van der Waals surface area contributed by atoms with Crippen LogP contribution in [0.25, 0.3) is 0 Å². The summed E-state index contributed by atoms with van der Waals surface area (Å²) in [4.78, 5) is 15.2. The van der Waals surface area contributed by atoms with Crippen molar-refractivity contribution in [3.63, 3.8) is 0 Å². The van der Waals surface area contributed by atoms with Crippen LogP contribution in [-0.4, -0.2) is 17.6 Å². The normalized spacial score (nSPS) is 10.8. The Bertz CT molecular complexity index is 436. The topological polar surface area (TPSA) is 65.2 Å². The van der Waals surface area contributed by atoms with Gasteiger partial charge in [-0.05, 0) is 25.0 Å². The fraction of sp³-hybridized carbons (Fsp3) is 0.500. The highest BCUT2D eigenvalue weighted by molar-refractivity contribution is 5.72. The molecule has 0 aliphatic rings. The molecule has 1 aromatic heterocycles. The second kappa shape index (κ2) is 6.39. The zero-order valence-electron chi connectivity index (χ0n) is 10.4. The molecule has 18 heavy (non-hydrogen) atoms. The highest BCUT2D eigenvalue weighted by Gasteiger charge is 2.18. The van der Waals surface area contributed by atoms with E-state index in [1.165, 1.54) is 0 Å². The molecule has 1 aromatic rings. The Balaban J connectivity index is 3.05. The van der Waals surface area contributed by atoms with Crippen molar-refractivity contribution in [2.45, 2.75) is 33.2 Å². The molecule has 0 unspecified atom stereocenters. The van der Waals surface area contributed by atoms with Crippen LogP contribution in [0.1, 0.15) is 35.9 Å². The molecule has 0 fully saturated rings. The van der Waals surface area contributed by atoms with Crippen molar-refractivity contribution >= 4 is 5.97 Å². The molecule has 2 N–H and O–H groups in total. The van der Waals surface area contributed by atoms with E-state index in [4.69, 9.17) is 10.5 Å². The van der Waals surface area contributed by atoms with E-state index in [1.54, 1.807) is 19.9 Å². The number of rotatable bonds is 5. The van der Waals surface area contributed by atoms with E-state index in [-0.39, 0.29) is 25.3 Å². The van der Waals surface area contributed by atoms with Gasteiger partial charge in [-0.2, -0.15) is 0 Å². The Morgan fingerprint density at radius 2 is 2.22 bits per heavy atom. The van der Waals surface area contributed by atoms with E-state index in [0.29, 0.717) is 16.8 Å². The number of alkyl halides is 2. The quantitative estimate of drug-likeness (QED) is 0.819. The summed E-state index contributed by atoms with van der Waals surface area (Å²) < 4.78 is 30.3. The minimum Gasteiger partial charge on any atom is -0.466 e. The number of hydrogen-bond acceptors (Lipinski definition) is 4. The number of pyridine rings is 1. The zero-order chi connectivity index (χ0) is 13.7. The Kier molecular flexibility index (Phi) is 5.15. The number of nitrogens with zero attached hydrogens (tertiary/aromatic N) is 1. The fourth-order valence-corrected chi connectivity index (χ4v) is 1.60. The summed E-state index contributed by atoms with van der Waals surface area (Å²) in [6.07, 6.45) is -2.81. The monoisotopic (exact) mass is 258 g/mol. The molecule has 100 valence electrons. The molecule has 0 amide bonds. The molecule has 0 radical (unpaired) electrons. The standard InChI is InChI=1S/C12H16F2N2O2/c1-3-18-10(17)5-9-7(2)4-8(6-15)11(16-9)12(13)14/h4,12H,3,5-6,15H2,1-2H3. The molecule has 6 heteroatoms. The second-order valence-corrected chi connectivity index (χ2v) is 3.78. The smallest absolute Gasteiger partial charge is 0.311 e. The van der Waals surface area contributed by atoms with Gasteiger partial charge in [0.15, 0.2) is 0 Å². The molecule has 0 saturated carbocycles. The maximum absolute atomic E-state index is 12.8. The molecule has 0 aliphatic heterocycles. The Labute approximate surface area is 104 Å². The summed E-state index contributed by atoms with van der Waals surface area (Å²) in [5.41, 5.74) is 6.30. The van der Waals surface area contributed by atoms with E-state index in [0.717, 1.165) is 0 Å². The summed E-state index contributed by atoms with van der Waals surface area (Å²) in [5, 5.41) is 0. The molecular weight excluding hydrogens is 242 g/mol. The first-order chi connectivity index (χ1) is 8.49. The summed E-state index contributed by atoms with van der Waals surface area (Å²) >= 11 is 0. The average molecular weight is 258 g/mol. The number of aryl methyl sites for hydroxylation is 1. The van der Waals surface area contributed by atoms with Crippen LogP contribution in [0, 0.1) is 6.92 Å². The van der Waals surface area contributed by atoms with Crippen LogP contribution in [0.4, 0.5) is 8.78 Å². The first-order valence-corrected chi connectivity index (χ1v) is 5.62. The van der Waals surface area contributed by atoms with Crippen molar-refractivity contribution in [2.75, 3.05) is 6.61 Å². The van der Waals surface area contributed by atoms with Gasteiger partial charge in [-0.25, -0.2) is 8.78 Å². The highest BCUT2D eigenvalue weighted by Crippen LogP contribution is 2.23. The van der Waals surface area contributed by atoms with Crippen molar-refractivity contribution in [1.82, 2.24) is 4.98 Å². The van der Waals surface area contributed by atoms with Gasteiger partial charge in [-0.1, -0.05) is 6.07 Å². The van der Waals surface area contributed by atoms with Crippen LogP contribution in [0.2, 0.25) is 0 Å². The Morgan fingerprint density at radius 1 is 1.56 bits per heavy atom. The molecule has 0 bridgehead atoms. The summed E-state index contributed by atoms with van der Waals surface area (Å²) in [6, 6.07) is 1.54. The molecule has 0 aromatic carbocycles. The lowest BCUT2D eigenvalue weighted by atomic mass is 10.1. The van der Waals surface area contributed by atoms with Crippen molar-refractivity contribution in [3.05, 3.63) is 28.6 Å². The van der Waals surface area contributed by atoms with Crippen molar-refractivity contribution < 1.29 is 18.3 Å². The third kappa shape index (κ3) is 3.46. The molecule has 0 aliphatic carbocycles. The van der Waals surface area contributed by atoms with Crippen LogP contribution in [0.3, 0.4) is 0 Å². The second-order valence-electron chi connectivity index (χ2n) is 3.78. The summed E-state index contributed by atoms with van der Waals surface area (Å²) in [7, 11) is 0. The van der Waals surface area contributed by atoms with E-state index in [9.17, 15) is 13.6 Å². The number of nitrogens with two attached hydrogens (primary N) is 1. The van der Waals surface area contributed by atoms with E-state index >= 15 is 0 Å². The third-order valence-corrected chi connectivity index (χ3v) is 2.47. The maximum atomic E-state index is 12.8. The summed E-state index contributed by atoms with van der Waals surface area (Å²) in [6.45, 7) is 3.63. The molecule has 1 heterocycles. The molecular formula is C12H16F2N2O2. The predicted molar refractivity (Wildman–Crippen MR) is 62.2 cm³/mol. The van der Waals surface area contributed by atoms with Gasteiger partial charge in [-0.3, -0.25) is 9.78 Å². The number of halogens is 2. The maximum Gasteiger partial charge on any atom is 0.311 e. The largest absolute Gasteiger partial charge is 0.466 e. The lowest BCUT2D eigenvalue weighted by Gasteiger charge is -2.11. The fourth-order valence-electron chi connectivity index (χ4n) is 1.60. The predicted octanol–water partition coefficient (Wildman–Crippen LogP) is 1.89. The minimum absolute atomic E-state index is 0.00675. The zero-order valence-corrected chi connectivity index (χ0v) is 10.4. The molecule has 0 spiro atoms. The van der Waals surface area contributed by atoms with Gasteiger partial charge in [0.1, 0.15) is 5.69 Å². The number of carbonyl (C=O) groups is 1. The van der Waals surface area contributed by atoms with Crippen molar-refractivity contribution in [1.29, 1.82) is 0 Å².